The molecule has 1 aromatic heterocycles. The van der Waals surface area contributed by atoms with E-state index < -0.39 is 0 Å². The van der Waals surface area contributed by atoms with E-state index in [0.29, 0.717) is 6.10 Å². The summed E-state index contributed by atoms with van der Waals surface area (Å²) in [5, 5.41) is 2.38. The number of ether oxygens (including phenoxy) is 1. The van der Waals surface area contributed by atoms with Gasteiger partial charge in [0.1, 0.15) is 0 Å². The molecule has 0 saturated carbocycles. The fraction of sp³-hybridized carbons (Fsp3) is 0.471. The molecule has 2 aromatic rings. The molecule has 2 heterocycles. The van der Waals surface area contributed by atoms with Crippen LogP contribution in [-0.2, 0) is 4.74 Å². The van der Waals surface area contributed by atoms with E-state index in [1.807, 2.05) is 18.5 Å². The molecule has 106 valence electrons. The first-order valence-corrected chi connectivity index (χ1v) is 7.54. The second-order valence-electron chi connectivity index (χ2n) is 5.62. The van der Waals surface area contributed by atoms with Crippen LogP contribution < -0.4 is 5.73 Å². The fourth-order valence-electron chi connectivity index (χ4n) is 3.02. The zero-order valence-electron chi connectivity index (χ0n) is 11.8. The number of aromatic nitrogens is 1. The van der Waals surface area contributed by atoms with Gasteiger partial charge in [0.2, 0.25) is 0 Å². The maximum Gasteiger partial charge on any atom is 0.0575 e. The highest BCUT2D eigenvalue weighted by Crippen LogP contribution is 2.27. The highest BCUT2D eigenvalue weighted by Gasteiger charge is 2.16. The highest BCUT2D eigenvalue weighted by molar-refractivity contribution is 5.85. The third kappa shape index (κ3) is 3.00. The number of hydrogen-bond acceptors (Lipinski definition) is 3. The van der Waals surface area contributed by atoms with Gasteiger partial charge in [0.05, 0.1) is 6.10 Å². The number of rotatable bonds is 4. The van der Waals surface area contributed by atoms with Crippen LogP contribution in [0.4, 0.5) is 0 Å². The average molecular weight is 270 g/mol. The minimum absolute atomic E-state index is 0.0634. The summed E-state index contributed by atoms with van der Waals surface area (Å²) in [6.45, 7) is 0.915. The molecule has 0 spiro atoms. The third-order valence-electron chi connectivity index (χ3n) is 4.19. The summed E-state index contributed by atoms with van der Waals surface area (Å²) in [6.07, 6.45) is 9.85. The van der Waals surface area contributed by atoms with E-state index >= 15 is 0 Å². The molecule has 1 aliphatic rings. The normalized spacial score (nSPS) is 20.9. The first-order chi connectivity index (χ1) is 9.84. The Balaban J connectivity index is 1.70. The lowest BCUT2D eigenvalue weighted by Gasteiger charge is -2.24. The molecule has 1 saturated heterocycles. The Morgan fingerprint density at radius 2 is 2.25 bits per heavy atom. The van der Waals surface area contributed by atoms with Crippen molar-refractivity contribution in [2.75, 3.05) is 6.61 Å². The summed E-state index contributed by atoms with van der Waals surface area (Å²) in [5.41, 5.74) is 7.60. The van der Waals surface area contributed by atoms with Gasteiger partial charge in [-0.25, -0.2) is 0 Å². The molecule has 1 aliphatic heterocycles. The van der Waals surface area contributed by atoms with Crippen molar-refractivity contribution < 1.29 is 4.74 Å². The van der Waals surface area contributed by atoms with Gasteiger partial charge in [-0.1, -0.05) is 18.2 Å². The maximum absolute atomic E-state index is 6.39. The van der Waals surface area contributed by atoms with Crippen molar-refractivity contribution in [3.63, 3.8) is 0 Å². The lowest BCUT2D eigenvalue weighted by molar-refractivity contribution is 0.00914. The first-order valence-electron chi connectivity index (χ1n) is 7.54. The number of nitrogens with two attached hydrogens (primary N) is 1. The van der Waals surface area contributed by atoms with Gasteiger partial charge in [-0.3, -0.25) is 4.98 Å². The van der Waals surface area contributed by atoms with Gasteiger partial charge in [0.15, 0.2) is 0 Å². The van der Waals surface area contributed by atoms with Crippen LogP contribution >= 0.6 is 0 Å². The molecule has 0 bridgehead atoms. The van der Waals surface area contributed by atoms with Gasteiger partial charge in [-0.2, -0.15) is 0 Å². The first kappa shape index (κ1) is 13.5. The van der Waals surface area contributed by atoms with E-state index in [1.165, 1.54) is 35.6 Å². The third-order valence-corrected chi connectivity index (χ3v) is 4.19. The van der Waals surface area contributed by atoms with Crippen molar-refractivity contribution in [3.8, 4) is 0 Å². The summed E-state index contributed by atoms with van der Waals surface area (Å²) in [6, 6.07) is 8.41. The van der Waals surface area contributed by atoms with Crippen LogP contribution in [-0.4, -0.2) is 17.7 Å². The summed E-state index contributed by atoms with van der Waals surface area (Å²) >= 11 is 0. The van der Waals surface area contributed by atoms with Crippen molar-refractivity contribution in [3.05, 3.63) is 42.2 Å². The molecular formula is C17H22N2O. The Labute approximate surface area is 120 Å². The molecule has 0 radical (unpaired) electrons. The van der Waals surface area contributed by atoms with Gasteiger partial charge in [0, 0.05) is 30.4 Å². The number of hydrogen-bond donors (Lipinski definition) is 1. The Kier molecular flexibility index (Phi) is 4.28. The van der Waals surface area contributed by atoms with Gasteiger partial charge in [-0.05, 0) is 49.1 Å². The number of benzene rings is 1. The smallest absolute Gasteiger partial charge is 0.0575 e. The van der Waals surface area contributed by atoms with Crippen LogP contribution in [0.1, 0.15) is 43.7 Å². The topological polar surface area (TPSA) is 48.1 Å². The van der Waals surface area contributed by atoms with E-state index in [9.17, 15) is 0 Å². The molecule has 0 amide bonds. The Morgan fingerprint density at radius 1 is 1.30 bits per heavy atom. The Bertz CT molecular complexity index is 558. The van der Waals surface area contributed by atoms with Crippen LogP contribution in [0.2, 0.25) is 0 Å². The van der Waals surface area contributed by atoms with E-state index in [4.69, 9.17) is 10.5 Å². The molecule has 1 fully saturated rings. The summed E-state index contributed by atoms with van der Waals surface area (Å²) in [7, 11) is 0. The SMILES string of the molecule is NC(CCC1CCCCO1)c1cccc2ccncc12. The standard InChI is InChI=1S/C17H22N2O/c18-17(8-7-14-5-1-2-11-20-14)15-6-3-4-13-9-10-19-12-16(13)15/h3-4,6,9-10,12,14,17H,1-2,5,7-8,11,18H2. The second-order valence-corrected chi connectivity index (χ2v) is 5.62. The molecule has 20 heavy (non-hydrogen) atoms. The minimum Gasteiger partial charge on any atom is -0.378 e. The van der Waals surface area contributed by atoms with E-state index in [2.05, 4.69) is 23.2 Å². The molecule has 2 unspecified atom stereocenters. The van der Waals surface area contributed by atoms with Crippen molar-refractivity contribution in [1.29, 1.82) is 0 Å². The predicted octanol–water partition coefficient (Wildman–Crippen LogP) is 3.58. The van der Waals surface area contributed by atoms with Gasteiger partial charge >= 0.3 is 0 Å². The Morgan fingerprint density at radius 3 is 3.10 bits per heavy atom. The van der Waals surface area contributed by atoms with Gasteiger partial charge < -0.3 is 10.5 Å². The minimum atomic E-state index is 0.0634. The van der Waals surface area contributed by atoms with Crippen LogP contribution in [0.5, 0.6) is 0 Å². The zero-order valence-corrected chi connectivity index (χ0v) is 11.8. The van der Waals surface area contributed by atoms with E-state index in [1.54, 1.807) is 0 Å². The number of fused-ring (bicyclic) bond motifs is 1. The van der Waals surface area contributed by atoms with Crippen LogP contribution in [0.15, 0.2) is 36.7 Å². The zero-order chi connectivity index (χ0) is 13.8. The molecule has 2 N–H and O–H groups in total. The van der Waals surface area contributed by atoms with Crippen molar-refractivity contribution in [2.45, 2.75) is 44.2 Å². The summed E-state index contributed by atoms with van der Waals surface area (Å²) < 4.78 is 5.78. The highest BCUT2D eigenvalue weighted by atomic mass is 16.5. The molecule has 2 atom stereocenters. The van der Waals surface area contributed by atoms with Gasteiger partial charge in [0.25, 0.3) is 0 Å². The second kappa shape index (κ2) is 6.33. The fourth-order valence-corrected chi connectivity index (χ4v) is 3.02. The monoisotopic (exact) mass is 270 g/mol. The van der Waals surface area contributed by atoms with E-state index in [-0.39, 0.29) is 6.04 Å². The van der Waals surface area contributed by atoms with Crippen LogP contribution in [0.3, 0.4) is 0 Å². The maximum atomic E-state index is 6.39. The molecule has 3 heteroatoms. The van der Waals surface area contributed by atoms with E-state index in [0.717, 1.165) is 19.4 Å². The summed E-state index contributed by atoms with van der Waals surface area (Å²) in [5.74, 6) is 0. The lowest BCUT2D eigenvalue weighted by atomic mass is 9.95. The van der Waals surface area contributed by atoms with Crippen molar-refractivity contribution in [1.82, 2.24) is 4.98 Å². The number of pyridine rings is 1. The van der Waals surface area contributed by atoms with Crippen molar-refractivity contribution >= 4 is 10.8 Å². The predicted molar refractivity (Wildman–Crippen MR) is 81.5 cm³/mol. The van der Waals surface area contributed by atoms with Gasteiger partial charge in [-0.15, -0.1) is 0 Å². The molecule has 1 aromatic carbocycles. The van der Waals surface area contributed by atoms with Crippen molar-refractivity contribution in [2.24, 2.45) is 5.73 Å². The van der Waals surface area contributed by atoms with Crippen LogP contribution in [0, 0.1) is 0 Å². The summed E-state index contributed by atoms with van der Waals surface area (Å²) in [4.78, 5) is 4.23. The average Bonchev–Trinajstić information content (AvgIpc) is 2.53. The quantitative estimate of drug-likeness (QED) is 0.923. The number of nitrogens with zero attached hydrogens (tertiary/aromatic N) is 1. The largest absolute Gasteiger partial charge is 0.378 e. The lowest BCUT2D eigenvalue weighted by Crippen LogP contribution is -2.21. The molecule has 0 aliphatic carbocycles. The Hall–Kier alpha value is -1.45. The molecular weight excluding hydrogens is 248 g/mol. The molecule has 3 nitrogen and oxygen atoms in total. The van der Waals surface area contributed by atoms with Crippen LogP contribution in [0.25, 0.3) is 10.8 Å². The molecule has 3 rings (SSSR count).